The molecule has 11 heavy (non-hydrogen) atoms. The van der Waals surface area contributed by atoms with Crippen molar-refractivity contribution in [3.05, 3.63) is 35.9 Å². The third-order valence-electron chi connectivity index (χ3n) is 2.05. The first-order valence-electron chi connectivity index (χ1n) is 3.95. The summed E-state index contributed by atoms with van der Waals surface area (Å²) in [4.78, 5) is 0. The molecule has 0 heterocycles. The summed E-state index contributed by atoms with van der Waals surface area (Å²) in [5.41, 5.74) is 1.20. The Kier molecular flexibility index (Phi) is 2.66. The van der Waals surface area contributed by atoms with Gasteiger partial charge in [-0.25, -0.2) is 0 Å². The van der Waals surface area contributed by atoms with Gasteiger partial charge in [0.05, 0.1) is 6.10 Å². The van der Waals surface area contributed by atoms with Gasteiger partial charge in [0.2, 0.25) is 0 Å². The van der Waals surface area contributed by atoms with Gasteiger partial charge in [0, 0.05) is 5.92 Å². The Bertz CT molecular complexity index is 203. The van der Waals surface area contributed by atoms with Crippen LogP contribution in [0.1, 0.15) is 25.3 Å². The van der Waals surface area contributed by atoms with Crippen LogP contribution in [0.15, 0.2) is 30.3 Å². The fraction of sp³-hybridized carbons (Fsp3) is 0.400. The van der Waals surface area contributed by atoms with Crippen LogP contribution in [0, 0.1) is 0 Å². The summed E-state index contributed by atoms with van der Waals surface area (Å²) < 4.78 is 0. The molecule has 0 spiro atoms. The monoisotopic (exact) mass is 150 g/mol. The summed E-state index contributed by atoms with van der Waals surface area (Å²) in [6, 6.07) is 10.1. The summed E-state index contributed by atoms with van der Waals surface area (Å²) in [6.07, 6.45) is -0.266. The third kappa shape index (κ3) is 2.05. The molecule has 0 aromatic heterocycles. The highest BCUT2D eigenvalue weighted by Gasteiger charge is 2.09. The number of aliphatic hydroxyl groups is 1. The molecule has 0 amide bonds. The van der Waals surface area contributed by atoms with E-state index in [9.17, 15) is 5.11 Å². The van der Waals surface area contributed by atoms with Crippen molar-refractivity contribution in [1.29, 1.82) is 0 Å². The van der Waals surface area contributed by atoms with E-state index >= 15 is 0 Å². The van der Waals surface area contributed by atoms with E-state index in [2.05, 4.69) is 0 Å². The van der Waals surface area contributed by atoms with Crippen molar-refractivity contribution in [3.63, 3.8) is 0 Å². The predicted octanol–water partition coefficient (Wildman–Crippen LogP) is 2.17. The van der Waals surface area contributed by atoms with Crippen molar-refractivity contribution < 1.29 is 5.11 Å². The van der Waals surface area contributed by atoms with Crippen LogP contribution < -0.4 is 0 Å². The highest BCUT2D eigenvalue weighted by Crippen LogP contribution is 2.17. The first kappa shape index (κ1) is 8.28. The van der Waals surface area contributed by atoms with Crippen LogP contribution in [0.3, 0.4) is 0 Å². The quantitative estimate of drug-likeness (QED) is 0.685. The maximum absolute atomic E-state index is 9.27. The molecular formula is C10H14O. The van der Waals surface area contributed by atoms with Gasteiger partial charge in [-0.3, -0.25) is 0 Å². The lowest BCUT2D eigenvalue weighted by molar-refractivity contribution is 0.169. The van der Waals surface area contributed by atoms with Gasteiger partial charge in [-0.1, -0.05) is 37.3 Å². The van der Waals surface area contributed by atoms with Gasteiger partial charge in [0.25, 0.3) is 0 Å². The van der Waals surface area contributed by atoms with Gasteiger partial charge in [-0.15, -0.1) is 0 Å². The lowest BCUT2D eigenvalue weighted by atomic mass is 9.97. The van der Waals surface area contributed by atoms with Crippen LogP contribution in [0.2, 0.25) is 0 Å². The second-order valence-electron chi connectivity index (χ2n) is 2.94. The van der Waals surface area contributed by atoms with Crippen LogP contribution in [0.5, 0.6) is 0 Å². The minimum Gasteiger partial charge on any atom is -0.393 e. The van der Waals surface area contributed by atoms with E-state index in [1.165, 1.54) is 5.56 Å². The SMILES string of the molecule is C[C@H](O)[C@H](C)c1ccccc1. The summed E-state index contributed by atoms with van der Waals surface area (Å²) in [5.74, 6) is 0.233. The maximum atomic E-state index is 9.27. The minimum absolute atomic E-state index is 0.233. The molecule has 60 valence electrons. The van der Waals surface area contributed by atoms with Gasteiger partial charge in [-0.05, 0) is 12.5 Å². The van der Waals surface area contributed by atoms with Gasteiger partial charge >= 0.3 is 0 Å². The molecule has 0 unspecified atom stereocenters. The maximum Gasteiger partial charge on any atom is 0.0577 e. The second-order valence-corrected chi connectivity index (χ2v) is 2.94. The molecule has 1 N–H and O–H groups in total. The molecular weight excluding hydrogens is 136 g/mol. The molecule has 1 rings (SSSR count). The third-order valence-corrected chi connectivity index (χ3v) is 2.05. The van der Waals surface area contributed by atoms with Crippen LogP contribution in [0.25, 0.3) is 0 Å². The van der Waals surface area contributed by atoms with Crippen LogP contribution in [0.4, 0.5) is 0 Å². The standard InChI is InChI=1S/C10H14O/c1-8(9(2)11)10-6-4-3-5-7-10/h3-9,11H,1-2H3/t8-,9-/m0/s1. The molecule has 0 saturated heterocycles. The summed E-state index contributed by atoms with van der Waals surface area (Å²) >= 11 is 0. The van der Waals surface area contributed by atoms with E-state index < -0.39 is 0 Å². The Morgan fingerprint density at radius 3 is 2.09 bits per heavy atom. The Balaban J connectivity index is 2.77. The summed E-state index contributed by atoms with van der Waals surface area (Å²) in [5, 5.41) is 9.27. The fourth-order valence-corrected chi connectivity index (χ4v) is 1.04. The molecule has 2 atom stereocenters. The zero-order chi connectivity index (χ0) is 8.27. The number of aliphatic hydroxyl groups excluding tert-OH is 1. The van der Waals surface area contributed by atoms with Crippen molar-refractivity contribution >= 4 is 0 Å². The van der Waals surface area contributed by atoms with E-state index in [-0.39, 0.29) is 12.0 Å². The molecule has 0 radical (unpaired) electrons. The van der Waals surface area contributed by atoms with E-state index in [4.69, 9.17) is 0 Å². The average molecular weight is 150 g/mol. The molecule has 1 aromatic rings. The second kappa shape index (κ2) is 3.54. The van der Waals surface area contributed by atoms with Crippen LogP contribution in [-0.2, 0) is 0 Å². The molecule has 1 aromatic carbocycles. The molecule has 0 saturated carbocycles. The fourth-order valence-electron chi connectivity index (χ4n) is 1.04. The van der Waals surface area contributed by atoms with Crippen molar-refractivity contribution in [2.24, 2.45) is 0 Å². The number of benzene rings is 1. The van der Waals surface area contributed by atoms with E-state index in [1.54, 1.807) is 0 Å². The number of hydrogen-bond acceptors (Lipinski definition) is 1. The summed E-state index contributed by atoms with van der Waals surface area (Å²) in [6.45, 7) is 3.84. The van der Waals surface area contributed by atoms with Crippen molar-refractivity contribution in [2.75, 3.05) is 0 Å². The molecule has 0 aliphatic carbocycles. The normalized spacial score (nSPS) is 15.9. The number of hydrogen-bond donors (Lipinski definition) is 1. The highest BCUT2D eigenvalue weighted by molar-refractivity contribution is 5.19. The van der Waals surface area contributed by atoms with Crippen LogP contribution in [-0.4, -0.2) is 11.2 Å². The van der Waals surface area contributed by atoms with Crippen LogP contribution >= 0.6 is 0 Å². The summed E-state index contributed by atoms with van der Waals surface area (Å²) in [7, 11) is 0. The van der Waals surface area contributed by atoms with Crippen molar-refractivity contribution in [2.45, 2.75) is 25.9 Å². The van der Waals surface area contributed by atoms with Gasteiger partial charge in [0.15, 0.2) is 0 Å². The molecule has 0 aliphatic heterocycles. The smallest absolute Gasteiger partial charge is 0.0577 e. The zero-order valence-electron chi connectivity index (χ0n) is 6.99. The molecule has 0 bridgehead atoms. The number of rotatable bonds is 2. The molecule has 0 fully saturated rings. The average Bonchev–Trinajstić information content (AvgIpc) is 2.05. The van der Waals surface area contributed by atoms with E-state index in [0.717, 1.165) is 0 Å². The first-order chi connectivity index (χ1) is 5.22. The lowest BCUT2D eigenvalue weighted by Gasteiger charge is -2.14. The van der Waals surface area contributed by atoms with Gasteiger partial charge < -0.3 is 5.11 Å². The van der Waals surface area contributed by atoms with Crippen molar-refractivity contribution in [3.8, 4) is 0 Å². The molecule has 0 aliphatic rings. The molecule has 1 nitrogen and oxygen atoms in total. The lowest BCUT2D eigenvalue weighted by Crippen LogP contribution is -2.10. The van der Waals surface area contributed by atoms with Gasteiger partial charge in [-0.2, -0.15) is 0 Å². The highest BCUT2D eigenvalue weighted by atomic mass is 16.3. The minimum atomic E-state index is -0.266. The Morgan fingerprint density at radius 2 is 1.64 bits per heavy atom. The zero-order valence-corrected chi connectivity index (χ0v) is 6.99. The Hall–Kier alpha value is -0.820. The largest absolute Gasteiger partial charge is 0.393 e. The van der Waals surface area contributed by atoms with Crippen molar-refractivity contribution in [1.82, 2.24) is 0 Å². The Morgan fingerprint density at radius 1 is 1.09 bits per heavy atom. The first-order valence-corrected chi connectivity index (χ1v) is 3.95. The predicted molar refractivity (Wildman–Crippen MR) is 46.5 cm³/mol. The topological polar surface area (TPSA) is 20.2 Å². The van der Waals surface area contributed by atoms with E-state index in [0.29, 0.717) is 0 Å². The van der Waals surface area contributed by atoms with E-state index in [1.807, 2.05) is 44.2 Å². The Labute approximate surface area is 67.7 Å². The van der Waals surface area contributed by atoms with Gasteiger partial charge in [0.1, 0.15) is 0 Å². The molecule has 1 heteroatoms.